The minimum Gasteiger partial charge on any atom is -0.491 e. The smallest absolute Gasteiger partial charge is 0.291 e. The predicted molar refractivity (Wildman–Crippen MR) is 89.6 cm³/mol. The van der Waals surface area contributed by atoms with Gasteiger partial charge < -0.3 is 9.64 Å². The van der Waals surface area contributed by atoms with Crippen molar-refractivity contribution in [3.05, 3.63) is 54.1 Å². The molecule has 0 aliphatic heterocycles. The fraction of sp³-hybridized carbons (Fsp3) is 0.389. The van der Waals surface area contributed by atoms with Crippen molar-refractivity contribution >= 4 is 5.91 Å². The quantitative estimate of drug-likeness (QED) is 0.851. The summed E-state index contributed by atoms with van der Waals surface area (Å²) in [4.78, 5) is 21.7. The van der Waals surface area contributed by atoms with E-state index in [2.05, 4.69) is 36.8 Å². The molecular weight excluding hydrogens is 290 g/mol. The van der Waals surface area contributed by atoms with Crippen molar-refractivity contribution in [3.63, 3.8) is 0 Å². The molecule has 0 aliphatic carbocycles. The molecule has 0 aliphatic rings. The van der Waals surface area contributed by atoms with Crippen LogP contribution in [0.25, 0.3) is 0 Å². The van der Waals surface area contributed by atoms with E-state index in [9.17, 15) is 4.79 Å². The molecule has 5 heteroatoms. The molecule has 0 unspecified atom stereocenters. The zero-order chi connectivity index (χ0) is 16.9. The van der Waals surface area contributed by atoms with Crippen LogP contribution in [0.2, 0.25) is 0 Å². The minimum absolute atomic E-state index is 0.0101. The summed E-state index contributed by atoms with van der Waals surface area (Å²) in [6, 6.07) is 9.68. The van der Waals surface area contributed by atoms with Crippen molar-refractivity contribution in [2.24, 2.45) is 0 Å². The van der Waals surface area contributed by atoms with Gasteiger partial charge in [-0.3, -0.25) is 4.79 Å². The molecule has 5 nitrogen and oxygen atoms in total. The van der Waals surface area contributed by atoms with E-state index in [4.69, 9.17) is 4.74 Å². The fourth-order valence-electron chi connectivity index (χ4n) is 2.19. The van der Waals surface area contributed by atoms with Crippen molar-refractivity contribution < 1.29 is 9.53 Å². The van der Waals surface area contributed by atoms with Gasteiger partial charge in [0.15, 0.2) is 0 Å². The van der Waals surface area contributed by atoms with E-state index in [1.165, 1.54) is 0 Å². The Bertz CT molecular complexity index is 651. The van der Waals surface area contributed by atoms with Gasteiger partial charge in [-0.2, -0.15) is 0 Å². The Morgan fingerprint density at radius 3 is 2.43 bits per heavy atom. The molecule has 0 atom stereocenters. The summed E-state index contributed by atoms with van der Waals surface area (Å²) in [6.45, 7) is 7.34. The van der Waals surface area contributed by atoms with Crippen molar-refractivity contribution in [3.8, 4) is 5.75 Å². The van der Waals surface area contributed by atoms with E-state index < -0.39 is 0 Å². The van der Waals surface area contributed by atoms with Crippen LogP contribution in [0.3, 0.4) is 0 Å². The Morgan fingerprint density at radius 2 is 1.78 bits per heavy atom. The molecule has 122 valence electrons. The molecule has 1 amide bonds. The number of rotatable bonds is 5. The molecular formula is C18H23N3O2. The summed E-state index contributed by atoms with van der Waals surface area (Å²) < 4.78 is 5.89. The van der Waals surface area contributed by atoms with Crippen LogP contribution in [0.5, 0.6) is 5.75 Å². The maximum atomic E-state index is 12.2. The monoisotopic (exact) mass is 313 g/mol. The number of aromatic nitrogens is 2. The number of hydrogen-bond donors (Lipinski definition) is 0. The standard InChI is InChI=1S/C18H23N3O2/c1-18(2,3)14-8-5-6-9-15(14)23-13-12-21(4)17(22)16-19-10-7-11-20-16/h5-11H,12-13H2,1-4H3. The second kappa shape index (κ2) is 7.22. The Labute approximate surface area is 137 Å². The zero-order valence-electron chi connectivity index (χ0n) is 14.1. The lowest BCUT2D eigenvalue weighted by molar-refractivity contribution is 0.0761. The van der Waals surface area contributed by atoms with Crippen LogP contribution in [-0.4, -0.2) is 41.0 Å². The number of ether oxygens (including phenoxy) is 1. The van der Waals surface area contributed by atoms with E-state index >= 15 is 0 Å². The van der Waals surface area contributed by atoms with Gasteiger partial charge >= 0.3 is 0 Å². The number of likely N-dealkylation sites (N-methyl/N-ethyl adjacent to an activating group) is 1. The average molecular weight is 313 g/mol. The van der Waals surface area contributed by atoms with Gasteiger partial charge in [0, 0.05) is 19.4 Å². The number of benzene rings is 1. The number of carbonyl (C=O) groups excluding carboxylic acids is 1. The van der Waals surface area contributed by atoms with Crippen LogP contribution in [0.1, 0.15) is 37.0 Å². The molecule has 23 heavy (non-hydrogen) atoms. The molecule has 0 saturated heterocycles. The van der Waals surface area contributed by atoms with Crippen molar-refractivity contribution in [1.82, 2.24) is 14.9 Å². The Balaban J connectivity index is 1.94. The van der Waals surface area contributed by atoms with Crippen molar-refractivity contribution in [2.45, 2.75) is 26.2 Å². The molecule has 1 aromatic heterocycles. The Kier molecular flexibility index (Phi) is 5.32. The van der Waals surface area contributed by atoms with Crippen LogP contribution in [0.15, 0.2) is 42.7 Å². The number of para-hydroxylation sites is 1. The zero-order valence-corrected chi connectivity index (χ0v) is 14.1. The topological polar surface area (TPSA) is 55.3 Å². The lowest BCUT2D eigenvalue weighted by Crippen LogP contribution is -2.32. The lowest BCUT2D eigenvalue weighted by atomic mass is 9.86. The third-order valence-electron chi connectivity index (χ3n) is 3.48. The fourth-order valence-corrected chi connectivity index (χ4v) is 2.19. The molecule has 1 heterocycles. The van der Waals surface area contributed by atoms with Gasteiger partial charge in [0.05, 0.1) is 6.54 Å². The van der Waals surface area contributed by atoms with E-state index in [-0.39, 0.29) is 17.1 Å². The molecule has 0 fully saturated rings. The van der Waals surface area contributed by atoms with Gasteiger partial charge in [0.25, 0.3) is 5.91 Å². The highest BCUT2D eigenvalue weighted by atomic mass is 16.5. The molecule has 0 spiro atoms. The first-order chi connectivity index (χ1) is 10.9. The highest BCUT2D eigenvalue weighted by molar-refractivity contribution is 5.90. The number of amides is 1. The first-order valence-corrected chi connectivity index (χ1v) is 7.64. The van der Waals surface area contributed by atoms with Gasteiger partial charge in [-0.25, -0.2) is 9.97 Å². The van der Waals surface area contributed by atoms with Crippen LogP contribution < -0.4 is 4.74 Å². The van der Waals surface area contributed by atoms with Crippen LogP contribution >= 0.6 is 0 Å². The third-order valence-corrected chi connectivity index (χ3v) is 3.48. The first kappa shape index (κ1) is 16.9. The van der Waals surface area contributed by atoms with Gasteiger partial charge in [-0.05, 0) is 23.1 Å². The average Bonchev–Trinajstić information content (AvgIpc) is 2.54. The normalized spacial score (nSPS) is 11.1. The third kappa shape index (κ3) is 4.52. The summed E-state index contributed by atoms with van der Waals surface area (Å²) in [5, 5.41) is 0. The van der Waals surface area contributed by atoms with Crippen molar-refractivity contribution in [2.75, 3.05) is 20.2 Å². The van der Waals surface area contributed by atoms with Gasteiger partial charge in [0.2, 0.25) is 5.82 Å². The molecule has 1 aromatic carbocycles. The second-order valence-electron chi connectivity index (χ2n) is 6.39. The molecule has 0 bridgehead atoms. The van der Waals surface area contributed by atoms with E-state index in [1.54, 1.807) is 30.4 Å². The highest BCUT2D eigenvalue weighted by Gasteiger charge is 2.19. The van der Waals surface area contributed by atoms with E-state index in [0.717, 1.165) is 11.3 Å². The molecule has 0 saturated carbocycles. The summed E-state index contributed by atoms with van der Waals surface area (Å²) in [5.74, 6) is 0.847. The summed E-state index contributed by atoms with van der Waals surface area (Å²) in [6.07, 6.45) is 3.12. The summed E-state index contributed by atoms with van der Waals surface area (Å²) in [5.41, 5.74) is 1.16. The SMILES string of the molecule is CN(CCOc1ccccc1C(C)(C)C)C(=O)c1ncccn1. The Hall–Kier alpha value is -2.43. The summed E-state index contributed by atoms with van der Waals surface area (Å²) >= 11 is 0. The van der Waals surface area contributed by atoms with E-state index in [0.29, 0.717) is 13.2 Å². The number of hydrogen-bond acceptors (Lipinski definition) is 4. The van der Waals surface area contributed by atoms with E-state index in [1.807, 2.05) is 18.2 Å². The summed E-state index contributed by atoms with van der Waals surface area (Å²) in [7, 11) is 1.72. The molecule has 2 aromatic rings. The van der Waals surface area contributed by atoms with Crippen molar-refractivity contribution in [1.29, 1.82) is 0 Å². The van der Waals surface area contributed by atoms with Crippen LogP contribution in [-0.2, 0) is 5.41 Å². The number of nitrogens with zero attached hydrogens (tertiary/aromatic N) is 3. The molecule has 0 N–H and O–H groups in total. The van der Waals surface area contributed by atoms with Gasteiger partial charge in [-0.15, -0.1) is 0 Å². The second-order valence-corrected chi connectivity index (χ2v) is 6.39. The molecule has 0 radical (unpaired) electrons. The van der Waals surface area contributed by atoms with Gasteiger partial charge in [-0.1, -0.05) is 39.0 Å². The maximum Gasteiger partial charge on any atom is 0.291 e. The minimum atomic E-state index is -0.210. The van der Waals surface area contributed by atoms with Crippen LogP contribution in [0.4, 0.5) is 0 Å². The van der Waals surface area contributed by atoms with Gasteiger partial charge in [0.1, 0.15) is 12.4 Å². The molecule has 2 rings (SSSR count). The lowest BCUT2D eigenvalue weighted by Gasteiger charge is -2.23. The Morgan fingerprint density at radius 1 is 1.13 bits per heavy atom. The largest absolute Gasteiger partial charge is 0.491 e. The predicted octanol–water partition coefficient (Wildman–Crippen LogP) is 2.93. The van der Waals surface area contributed by atoms with Crippen LogP contribution in [0, 0.1) is 0 Å². The first-order valence-electron chi connectivity index (χ1n) is 7.64. The highest BCUT2D eigenvalue weighted by Crippen LogP contribution is 2.30. The number of carbonyl (C=O) groups is 1. The maximum absolute atomic E-state index is 12.2.